The molecule has 4 nitrogen and oxygen atoms in total. The second-order valence-electron chi connectivity index (χ2n) is 6.05. The van der Waals surface area contributed by atoms with E-state index >= 15 is 0 Å². The van der Waals surface area contributed by atoms with Crippen molar-refractivity contribution in [3.05, 3.63) is 65.5 Å². The molecule has 2 rings (SSSR count). The first-order valence-electron chi connectivity index (χ1n) is 8.62. The van der Waals surface area contributed by atoms with E-state index in [1.54, 1.807) is 0 Å². The van der Waals surface area contributed by atoms with Crippen LogP contribution in [-0.2, 0) is 16.0 Å². The lowest BCUT2D eigenvalue weighted by molar-refractivity contribution is -0.121. The highest BCUT2D eigenvalue weighted by atomic mass is 19.2. The van der Waals surface area contributed by atoms with E-state index in [0.29, 0.717) is 6.54 Å². The number of benzene rings is 2. The number of halogens is 3. The summed E-state index contributed by atoms with van der Waals surface area (Å²) in [6.45, 7) is 1.49. The summed E-state index contributed by atoms with van der Waals surface area (Å²) in [4.78, 5) is 24.6. The van der Waals surface area contributed by atoms with E-state index in [1.165, 1.54) is 12.5 Å². The van der Waals surface area contributed by atoms with Gasteiger partial charge in [-0.2, -0.15) is 0 Å². The number of rotatable bonds is 8. The molecule has 1 N–H and O–H groups in total. The number of aryl methyl sites for hydroxylation is 1. The van der Waals surface area contributed by atoms with E-state index in [1.807, 2.05) is 30.3 Å². The lowest BCUT2D eigenvalue weighted by atomic mass is 10.1. The zero-order chi connectivity index (χ0) is 19.8. The minimum absolute atomic E-state index is 0.0800. The van der Waals surface area contributed by atoms with Crippen molar-refractivity contribution in [1.82, 2.24) is 5.32 Å². The smallest absolute Gasteiger partial charge is 0.223 e. The van der Waals surface area contributed by atoms with E-state index in [2.05, 4.69) is 5.32 Å². The van der Waals surface area contributed by atoms with E-state index in [-0.39, 0.29) is 18.9 Å². The Bertz CT molecular complexity index is 797. The number of amides is 2. The zero-order valence-electron chi connectivity index (χ0n) is 15.0. The van der Waals surface area contributed by atoms with E-state index in [9.17, 15) is 22.8 Å². The molecule has 2 aromatic rings. The van der Waals surface area contributed by atoms with Crippen molar-refractivity contribution in [3.8, 4) is 0 Å². The van der Waals surface area contributed by atoms with Gasteiger partial charge in [0.05, 0.1) is 5.69 Å². The summed E-state index contributed by atoms with van der Waals surface area (Å²) in [6.07, 6.45) is 1.49. The maximum Gasteiger partial charge on any atom is 0.223 e. The van der Waals surface area contributed by atoms with Crippen molar-refractivity contribution >= 4 is 17.5 Å². The second kappa shape index (κ2) is 9.75. The van der Waals surface area contributed by atoms with Crippen molar-refractivity contribution in [3.63, 3.8) is 0 Å². The Kier molecular flexibility index (Phi) is 7.40. The Morgan fingerprint density at radius 3 is 2.37 bits per heavy atom. The first-order valence-corrected chi connectivity index (χ1v) is 8.62. The highest BCUT2D eigenvalue weighted by Gasteiger charge is 2.21. The third-order valence-electron chi connectivity index (χ3n) is 4.06. The fourth-order valence-electron chi connectivity index (χ4n) is 2.64. The van der Waals surface area contributed by atoms with Crippen LogP contribution in [0.5, 0.6) is 0 Å². The molecule has 0 aliphatic carbocycles. The summed E-state index contributed by atoms with van der Waals surface area (Å²) < 4.78 is 40.3. The molecule has 7 heteroatoms. The third-order valence-corrected chi connectivity index (χ3v) is 4.06. The molecule has 27 heavy (non-hydrogen) atoms. The van der Waals surface area contributed by atoms with Gasteiger partial charge in [0, 0.05) is 26.4 Å². The van der Waals surface area contributed by atoms with Gasteiger partial charge in [-0.3, -0.25) is 9.59 Å². The lowest BCUT2D eigenvalue weighted by Gasteiger charge is -2.21. The fourth-order valence-corrected chi connectivity index (χ4v) is 2.64. The minimum atomic E-state index is -1.65. The van der Waals surface area contributed by atoms with Crippen molar-refractivity contribution in [1.29, 1.82) is 0 Å². The summed E-state index contributed by atoms with van der Waals surface area (Å²) in [5.74, 6) is -5.32. The number of hydrogen-bond donors (Lipinski definition) is 1. The number of carbonyl (C=O) groups is 2. The Morgan fingerprint density at radius 2 is 1.70 bits per heavy atom. The van der Waals surface area contributed by atoms with Gasteiger partial charge in [0.1, 0.15) is 0 Å². The number of carbonyl (C=O) groups excluding carboxylic acids is 2. The molecule has 0 aliphatic rings. The van der Waals surface area contributed by atoms with Crippen LogP contribution >= 0.6 is 0 Å². The van der Waals surface area contributed by atoms with Gasteiger partial charge in [0.2, 0.25) is 11.8 Å². The van der Waals surface area contributed by atoms with Gasteiger partial charge in [0.25, 0.3) is 0 Å². The Hall–Kier alpha value is -2.83. The predicted octanol–water partition coefficient (Wildman–Crippen LogP) is 3.60. The third kappa shape index (κ3) is 5.84. The summed E-state index contributed by atoms with van der Waals surface area (Å²) in [6, 6.07) is 11.6. The van der Waals surface area contributed by atoms with Crippen molar-refractivity contribution in [2.24, 2.45) is 0 Å². The van der Waals surface area contributed by atoms with Crippen LogP contribution in [0.15, 0.2) is 42.5 Å². The molecule has 0 spiro atoms. The van der Waals surface area contributed by atoms with Gasteiger partial charge in [-0.15, -0.1) is 0 Å². The van der Waals surface area contributed by atoms with Gasteiger partial charge in [-0.05, 0) is 30.5 Å². The predicted molar refractivity (Wildman–Crippen MR) is 96.7 cm³/mol. The number of anilines is 1. The van der Waals surface area contributed by atoms with Crippen LogP contribution in [0.25, 0.3) is 0 Å². The van der Waals surface area contributed by atoms with Crippen molar-refractivity contribution in [2.75, 3.05) is 18.0 Å². The van der Waals surface area contributed by atoms with Gasteiger partial charge < -0.3 is 10.2 Å². The Labute approximate surface area is 156 Å². The normalized spacial score (nSPS) is 10.5. The van der Waals surface area contributed by atoms with Crippen molar-refractivity contribution in [2.45, 2.75) is 26.2 Å². The molecule has 0 bridgehead atoms. The molecule has 0 aliphatic heterocycles. The van der Waals surface area contributed by atoms with Crippen LogP contribution < -0.4 is 10.2 Å². The molecule has 2 amide bonds. The van der Waals surface area contributed by atoms with Crippen LogP contribution in [0.1, 0.15) is 25.3 Å². The maximum absolute atomic E-state index is 13.9. The molecule has 0 heterocycles. The van der Waals surface area contributed by atoms with Gasteiger partial charge in [-0.25, -0.2) is 13.2 Å². The SMILES string of the molecule is CC(=O)N(CCC(=O)NCCCc1ccccc1)c1ccc(F)c(F)c1F. The zero-order valence-corrected chi connectivity index (χ0v) is 15.0. The minimum Gasteiger partial charge on any atom is -0.356 e. The first-order chi connectivity index (χ1) is 12.9. The van der Waals surface area contributed by atoms with Crippen LogP contribution in [0.4, 0.5) is 18.9 Å². The summed E-state index contributed by atoms with van der Waals surface area (Å²) in [7, 11) is 0. The molecule has 0 atom stereocenters. The largest absolute Gasteiger partial charge is 0.356 e. The average Bonchev–Trinajstić information content (AvgIpc) is 2.65. The number of hydrogen-bond acceptors (Lipinski definition) is 2. The first kappa shape index (κ1) is 20.5. The van der Waals surface area contributed by atoms with Gasteiger partial charge in [-0.1, -0.05) is 30.3 Å². The highest BCUT2D eigenvalue weighted by Crippen LogP contribution is 2.24. The lowest BCUT2D eigenvalue weighted by Crippen LogP contribution is -2.35. The standard InChI is InChI=1S/C20H21F3N2O2/c1-14(26)25(17-10-9-16(21)19(22)20(17)23)13-11-18(27)24-12-5-8-15-6-3-2-4-7-15/h2-4,6-7,9-10H,5,8,11-13H2,1H3,(H,24,27). The second-order valence-corrected chi connectivity index (χ2v) is 6.05. The average molecular weight is 378 g/mol. The summed E-state index contributed by atoms with van der Waals surface area (Å²) in [5, 5.41) is 2.73. The molecule has 0 saturated heterocycles. The van der Waals surface area contributed by atoms with Crippen LogP contribution in [0.2, 0.25) is 0 Å². The van der Waals surface area contributed by atoms with Gasteiger partial charge in [0.15, 0.2) is 17.5 Å². The molecule has 0 radical (unpaired) electrons. The maximum atomic E-state index is 13.9. The molecule has 144 valence electrons. The van der Waals surface area contributed by atoms with Crippen LogP contribution in [0.3, 0.4) is 0 Å². The van der Waals surface area contributed by atoms with E-state index in [0.717, 1.165) is 29.9 Å². The van der Waals surface area contributed by atoms with Crippen LogP contribution in [0, 0.1) is 17.5 Å². The monoisotopic (exact) mass is 378 g/mol. The van der Waals surface area contributed by atoms with E-state index < -0.39 is 29.0 Å². The molecular formula is C20H21F3N2O2. The van der Waals surface area contributed by atoms with Crippen molar-refractivity contribution < 1.29 is 22.8 Å². The van der Waals surface area contributed by atoms with Gasteiger partial charge >= 0.3 is 0 Å². The Balaban J connectivity index is 1.84. The highest BCUT2D eigenvalue weighted by molar-refractivity contribution is 5.92. The molecule has 0 aromatic heterocycles. The molecular weight excluding hydrogens is 357 g/mol. The number of nitrogens with zero attached hydrogens (tertiary/aromatic N) is 1. The Morgan fingerprint density at radius 1 is 1.00 bits per heavy atom. The topological polar surface area (TPSA) is 49.4 Å². The molecule has 0 fully saturated rings. The van der Waals surface area contributed by atoms with Crippen LogP contribution in [-0.4, -0.2) is 24.9 Å². The molecule has 2 aromatic carbocycles. The summed E-state index contributed by atoms with van der Waals surface area (Å²) in [5.41, 5.74) is 0.779. The molecule has 0 unspecified atom stereocenters. The summed E-state index contributed by atoms with van der Waals surface area (Å²) >= 11 is 0. The quantitative estimate of drug-likeness (QED) is 0.564. The number of nitrogens with one attached hydrogen (secondary N) is 1. The fraction of sp³-hybridized carbons (Fsp3) is 0.300. The molecule has 0 saturated carbocycles. The van der Waals surface area contributed by atoms with E-state index in [4.69, 9.17) is 0 Å².